The molecule has 1 fully saturated rings. The van der Waals surface area contributed by atoms with E-state index in [9.17, 15) is 10.2 Å². The molecule has 0 aliphatic carbocycles. The van der Waals surface area contributed by atoms with Gasteiger partial charge in [-0.15, -0.1) is 23.7 Å². The third kappa shape index (κ3) is 6.23. The summed E-state index contributed by atoms with van der Waals surface area (Å²) in [5.41, 5.74) is 1.57. The predicted octanol–water partition coefficient (Wildman–Crippen LogP) is 7.70. The molecule has 0 unspecified atom stereocenters. The highest BCUT2D eigenvalue weighted by Gasteiger charge is 2.18. The van der Waals surface area contributed by atoms with Crippen molar-refractivity contribution < 1.29 is 19.1 Å². The molecular formula is C27H28ClNO4S2. The third-order valence-electron chi connectivity index (χ3n) is 5.97. The Kier molecular flexibility index (Phi) is 8.81. The van der Waals surface area contributed by atoms with Crippen molar-refractivity contribution in [1.82, 2.24) is 4.90 Å². The van der Waals surface area contributed by atoms with Crippen LogP contribution in [0.1, 0.15) is 19.3 Å². The summed E-state index contributed by atoms with van der Waals surface area (Å²) in [5.74, 6) is 1.31. The Hall–Kier alpha value is -2.42. The number of piperidine rings is 1. The second-order valence-corrected chi connectivity index (χ2v) is 10.2. The molecule has 4 aromatic rings. The first-order valence-corrected chi connectivity index (χ1v) is 13.1. The molecule has 1 saturated heterocycles. The van der Waals surface area contributed by atoms with Crippen molar-refractivity contribution in [2.45, 2.75) is 24.2 Å². The Bertz CT molecular complexity index is 1260. The molecule has 1 aliphatic heterocycles. The summed E-state index contributed by atoms with van der Waals surface area (Å²) in [7, 11) is 0. The van der Waals surface area contributed by atoms with Gasteiger partial charge in [-0.25, -0.2) is 0 Å². The zero-order valence-electron chi connectivity index (χ0n) is 19.2. The standard InChI is InChI=1S/C27H27NO4S2.ClH/c29-20-10-8-19(9-11-20)23-16-21(34-31-15-14-28-12-4-1-5-13-28)17-24(30)27(23)32-25-18-33-26-7-3-2-6-22(25)26;/h2-3,6-11,16-18,29-30H,1,4-5,12-15H2;1H. The molecule has 5 rings (SSSR count). The fourth-order valence-electron chi connectivity index (χ4n) is 4.20. The van der Waals surface area contributed by atoms with Crippen LogP contribution in [0, 0.1) is 0 Å². The number of fused-ring (bicyclic) bond motifs is 1. The van der Waals surface area contributed by atoms with Gasteiger partial charge < -0.3 is 24.0 Å². The molecule has 0 spiro atoms. The molecular weight excluding hydrogens is 502 g/mol. The van der Waals surface area contributed by atoms with Crippen LogP contribution in [-0.2, 0) is 4.18 Å². The normalized spacial score (nSPS) is 14.1. The lowest BCUT2D eigenvalue weighted by atomic mass is 10.0. The lowest BCUT2D eigenvalue weighted by molar-refractivity contribution is 0.194. The molecule has 0 atom stereocenters. The molecule has 1 aliphatic rings. The maximum atomic E-state index is 11.0. The Morgan fingerprint density at radius 3 is 2.51 bits per heavy atom. The zero-order chi connectivity index (χ0) is 23.3. The SMILES string of the molecule is Cl.Oc1ccc(-c2cc(SOCCN3CCCCC3)cc(O)c2Oc2csc3ccccc23)cc1. The van der Waals surface area contributed by atoms with E-state index in [1.54, 1.807) is 29.5 Å². The van der Waals surface area contributed by atoms with Gasteiger partial charge in [0.25, 0.3) is 0 Å². The number of hydrogen-bond donors (Lipinski definition) is 2. The van der Waals surface area contributed by atoms with E-state index in [0.717, 1.165) is 45.7 Å². The highest BCUT2D eigenvalue weighted by Crippen LogP contribution is 2.46. The number of halogens is 1. The molecule has 0 amide bonds. The number of likely N-dealkylation sites (tertiary alicyclic amines) is 1. The molecule has 1 aromatic heterocycles. The maximum absolute atomic E-state index is 11.0. The highest BCUT2D eigenvalue weighted by atomic mass is 35.5. The molecule has 3 aromatic carbocycles. The van der Waals surface area contributed by atoms with E-state index in [1.165, 1.54) is 31.3 Å². The van der Waals surface area contributed by atoms with Crippen LogP contribution >= 0.6 is 35.8 Å². The van der Waals surface area contributed by atoms with E-state index in [0.29, 0.717) is 18.1 Å². The number of aromatic hydroxyl groups is 2. The molecule has 184 valence electrons. The molecule has 0 radical (unpaired) electrons. The minimum Gasteiger partial charge on any atom is -0.508 e. The summed E-state index contributed by atoms with van der Waals surface area (Å²) in [6, 6.07) is 18.6. The number of benzene rings is 3. The van der Waals surface area contributed by atoms with Gasteiger partial charge in [0.2, 0.25) is 0 Å². The van der Waals surface area contributed by atoms with E-state index in [-0.39, 0.29) is 23.9 Å². The number of phenols is 2. The lowest BCUT2D eigenvalue weighted by Gasteiger charge is -2.25. The van der Waals surface area contributed by atoms with Crippen LogP contribution in [0.5, 0.6) is 23.0 Å². The molecule has 0 bridgehead atoms. The second kappa shape index (κ2) is 12.0. The Morgan fingerprint density at radius 1 is 0.943 bits per heavy atom. The average molecular weight is 530 g/mol. The summed E-state index contributed by atoms with van der Waals surface area (Å²) >= 11 is 2.87. The third-order valence-corrected chi connectivity index (χ3v) is 7.63. The van der Waals surface area contributed by atoms with Crippen LogP contribution in [0.3, 0.4) is 0 Å². The maximum Gasteiger partial charge on any atom is 0.176 e. The van der Waals surface area contributed by atoms with Crippen molar-refractivity contribution in [3.63, 3.8) is 0 Å². The van der Waals surface area contributed by atoms with Gasteiger partial charge in [-0.3, -0.25) is 0 Å². The van der Waals surface area contributed by atoms with Crippen molar-refractivity contribution in [2.75, 3.05) is 26.2 Å². The van der Waals surface area contributed by atoms with Crippen molar-refractivity contribution in [2.24, 2.45) is 0 Å². The largest absolute Gasteiger partial charge is 0.508 e. The second-order valence-electron chi connectivity index (χ2n) is 8.37. The van der Waals surface area contributed by atoms with Crippen LogP contribution in [0.2, 0.25) is 0 Å². The number of nitrogens with zero attached hydrogens (tertiary/aromatic N) is 1. The lowest BCUT2D eigenvalue weighted by Crippen LogP contribution is -2.32. The smallest absolute Gasteiger partial charge is 0.176 e. The summed E-state index contributed by atoms with van der Waals surface area (Å²) in [6.45, 7) is 3.82. The monoisotopic (exact) mass is 529 g/mol. The van der Waals surface area contributed by atoms with Crippen LogP contribution in [0.4, 0.5) is 0 Å². The number of phenolic OH excluding ortho intramolecular Hbond substituents is 2. The van der Waals surface area contributed by atoms with Crippen molar-refractivity contribution in [1.29, 1.82) is 0 Å². The van der Waals surface area contributed by atoms with Gasteiger partial charge in [0.1, 0.15) is 11.5 Å². The fourth-order valence-corrected chi connectivity index (χ4v) is 5.68. The Morgan fingerprint density at radius 2 is 1.71 bits per heavy atom. The molecule has 35 heavy (non-hydrogen) atoms. The summed E-state index contributed by atoms with van der Waals surface area (Å²) in [5, 5.41) is 23.7. The minimum atomic E-state index is 0. The number of thiophene rings is 1. The van der Waals surface area contributed by atoms with Gasteiger partial charge in [-0.05, 0) is 67.9 Å². The van der Waals surface area contributed by atoms with Gasteiger partial charge in [0.05, 0.1) is 6.61 Å². The number of rotatable bonds is 8. The van der Waals surface area contributed by atoms with Crippen molar-refractivity contribution in [3.05, 3.63) is 66.0 Å². The molecule has 2 heterocycles. The van der Waals surface area contributed by atoms with Crippen LogP contribution in [0.15, 0.2) is 70.9 Å². The minimum absolute atomic E-state index is 0. The van der Waals surface area contributed by atoms with E-state index >= 15 is 0 Å². The van der Waals surface area contributed by atoms with E-state index in [1.807, 2.05) is 41.8 Å². The topological polar surface area (TPSA) is 62.2 Å². The first-order chi connectivity index (χ1) is 16.7. The summed E-state index contributed by atoms with van der Waals surface area (Å²) in [4.78, 5) is 3.23. The first-order valence-electron chi connectivity index (χ1n) is 11.5. The average Bonchev–Trinajstić information content (AvgIpc) is 3.27. The summed E-state index contributed by atoms with van der Waals surface area (Å²) < 4.78 is 13.3. The van der Waals surface area contributed by atoms with E-state index < -0.39 is 0 Å². The van der Waals surface area contributed by atoms with Crippen molar-refractivity contribution >= 4 is 45.9 Å². The van der Waals surface area contributed by atoms with Crippen LogP contribution in [-0.4, -0.2) is 41.4 Å². The Balaban J connectivity index is 0.00000289. The molecule has 5 nitrogen and oxygen atoms in total. The van der Waals surface area contributed by atoms with E-state index in [4.69, 9.17) is 8.92 Å². The number of ether oxygens (including phenoxy) is 1. The predicted molar refractivity (Wildman–Crippen MR) is 146 cm³/mol. The van der Waals surface area contributed by atoms with Crippen molar-refractivity contribution in [3.8, 4) is 34.1 Å². The van der Waals surface area contributed by atoms with E-state index in [2.05, 4.69) is 11.0 Å². The first kappa shape index (κ1) is 25.7. The van der Waals surface area contributed by atoms with Gasteiger partial charge in [-0.2, -0.15) is 0 Å². The van der Waals surface area contributed by atoms with Crippen LogP contribution < -0.4 is 4.74 Å². The fraction of sp³-hybridized carbons (Fsp3) is 0.259. The van der Waals surface area contributed by atoms with Gasteiger partial charge in [0.15, 0.2) is 11.5 Å². The molecule has 2 N–H and O–H groups in total. The molecule has 0 saturated carbocycles. The molecule has 8 heteroatoms. The quantitative estimate of drug-likeness (QED) is 0.180. The Labute approximate surface area is 219 Å². The van der Waals surface area contributed by atoms with Gasteiger partial charge >= 0.3 is 0 Å². The number of hydrogen-bond acceptors (Lipinski definition) is 7. The highest BCUT2D eigenvalue weighted by molar-refractivity contribution is 7.94. The summed E-state index contributed by atoms with van der Waals surface area (Å²) in [6.07, 6.45) is 3.84. The van der Waals surface area contributed by atoms with Crippen LogP contribution in [0.25, 0.3) is 21.2 Å². The van der Waals surface area contributed by atoms with Gasteiger partial charge in [0, 0.05) is 44.5 Å². The zero-order valence-corrected chi connectivity index (χ0v) is 21.6. The van der Waals surface area contributed by atoms with Gasteiger partial charge in [-0.1, -0.05) is 30.7 Å².